The van der Waals surface area contributed by atoms with Gasteiger partial charge in [-0.1, -0.05) is 20.8 Å². The fourth-order valence-electron chi connectivity index (χ4n) is 5.44. The molecule has 0 N–H and O–H groups in total. The van der Waals surface area contributed by atoms with Crippen LogP contribution in [-0.2, 0) is 22.4 Å². The molecule has 1 saturated heterocycles. The molecule has 1 spiro atoms. The SMILES string of the molecule is CC.CCC1Cc2c(F)cc(C(=O)OC)cc2CN1C1CC2(C1)CN(C(=O)OC(C)(C)C)C2. The van der Waals surface area contributed by atoms with Crippen LogP contribution in [0.3, 0.4) is 0 Å². The van der Waals surface area contributed by atoms with Crippen molar-refractivity contribution in [1.82, 2.24) is 9.80 Å². The summed E-state index contributed by atoms with van der Waals surface area (Å²) in [7, 11) is 1.31. The minimum absolute atomic E-state index is 0.194. The number of nitrogens with zero attached hydrogens (tertiary/aromatic N) is 2. The highest BCUT2D eigenvalue weighted by Crippen LogP contribution is 2.52. The van der Waals surface area contributed by atoms with Crippen LogP contribution in [-0.4, -0.2) is 59.7 Å². The lowest BCUT2D eigenvalue weighted by molar-refractivity contribution is -0.118. The maximum Gasteiger partial charge on any atom is 0.410 e. The van der Waals surface area contributed by atoms with Gasteiger partial charge in [-0.25, -0.2) is 14.0 Å². The summed E-state index contributed by atoms with van der Waals surface area (Å²) in [6.45, 7) is 13.9. The van der Waals surface area contributed by atoms with Gasteiger partial charge in [0.25, 0.3) is 0 Å². The molecule has 3 aliphatic rings. The molecule has 2 heterocycles. The molecule has 1 unspecified atom stereocenters. The van der Waals surface area contributed by atoms with Crippen molar-refractivity contribution in [3.63, 3.8) is 0 Å². The Morgan fingerprint density at radius 3 is 2.36 bits per heavy atom. The summed E-state index contributed by atoms with van der Waals surface area (Å²) < 4.78 is 25.0. The Kier molecular flexibility index (Phi) is 7.42. The lowest BCUT2D eigenvalue weighted by Gasteiger charge is -2.62. The van der Waals surface area contributed by atoms with Crippen LogP contribution in [0.1, 0.15) is 82.3 Å². The van der Waals surface area contributed by atoms with Crippen LogP contribution in [0.25, 0.3) is 0 Å². The Morgan fingerprint density at radius 2 is 1.82 bits per heavy atom. The molecule has 1 atom stereocenters. The van der Waals surface area contributed by atoms with Gasteiger partial charge in [0.05, 0.1) is 12.7 Å². The molecule has 4 rings (SSSR count). The highest BCUT2D eigenvalue weighted by atomic mass is 19.1. The highest BCUT2D eigenvalue weighted by Gasteiger charge is 2.56. The van der Waals surface area contributed by atoms with Crippen molar-refractivity contribution in [2.75, 3.05) is 20.2 Å². The number of esters is 1. The Balaban J connectivity index is 0.00000149. The minimum atomic E-state index is -0.509. The average Bonchev–Trinajstić information content (AvgIpc) is 2.70. The van der Waals surface area contributed by atoms with E-state index in [0.717, 1.165) is 43.5 Å². The fourth-order valence-corrected chi connectivity index (χ4v) is 5.44. The topological polar surface area (TPSA) is 59.1 Å². The van der Waals surface area contributed by atoms with Crippen molar-refractivity contribution in [2.24, 2.45) is 5.41 Å². The molecule has 1 aromatic carbocycles. The number of carbonyl (C=O) groups is 2. The number of likely N-dealkylation sites (tertiary alicyclic amines) is 1. The molecule has 0 aromatic heterocycles. The maximum atomic E-state index is 14.7. The van der Waals surface area contributed by atoms with Crippen LogP contribution in [0.15, 0.2) is 12.1 Å². The van der Waals surface area contributed by atoms with Gasteiger partial charge in [0.15, 0.2) is 0 Å². The number of rotatable bonds is 3. The van der Waals surface area contributed by atoms with Gasteiger partial charge in [-0.05, 0) is 69.7 Å². The number of amides is 1. The molecular formula is C26H39FN2O4. The van der Waals surface area contributed by atoms with Crippen LogP contribution in [0.2, 0.25) is 0 Å². The largest absolute Gasteiger partial charge is 0.465 e. The van der Waals surface area contributed by atoms with Gasteiger partial charge in [-0.3, -0.25) is 4.90 Å². The monoisotopic (exact) mass is 462 g/mol. The zero-order valence-corrected chi connectivity index (χ0v) is 21.2. The van der Waals surface area contributed by atoms with E-state index in [0.29, 0.717) is 19.0 Å². The lowest BCUT2D eigenvalue weighted by Crippen LogP contribution is -2.68. The van der Waals surface area contributed by atoms with E-state index in [1.165, 1.54) is 13.2 Å². The van der Waals surface area contributed by atoms with Crippen molar-refractivity contribution < 1.29 is 23.5 Å². The summed E-state index contributed by atoms with van der Waals surface area (Å²) >= 11 is 0. The average molecular weight is 463 g/mol. The van der Waals surface area contributed by atoms with E-state index in [-0.39, 0.29) is 28.9 Å². The van der Waals surface area contributed by atoms with E-state index in [2.05, 4.69) is 11.8 Å². The number of ether oxygens (including phenoxy) is 2. The predicted molar refractivity (Wildman–Crippen MR) is 126 cm³/mol. The second-order valence-corrected chi connectivity index (χ2v) is 10.4. The molecule has 0 radical (unpaired) electrons. The summed E-state index contributed by atoms with van der Waals surface area (Å²) in [4.78, 5) is 28.4. The molecule has 2 fully saturated rings. The molecule has 7 heteroatoms. The third kappa shape index (κ3) is 5.18. The van der Waals surface area contributed by atoms with Crippen LogP contribution >= 0.6 is 0 Å². The van der Waals surface area contributed by atoms with E-state index < -0.39 is 11.6 Å². The summed E-state index contributed by atoms with van der Waals surface area (Å²) in [6, 6.07) is 3.79. The van der Waals surface area contributed by atoms with Crippen molar-refractivity contribution in [2.45, 2.75) is 91.5 Å². The number of hydrogen-bond donors (Lipinski definition) is 0. The maximum absolute atomic E-state index is 14.7. The van der Waals surface area contributed by atoms with E-state index >= 15 is 0 Å². The third-order valence-electron chi connectivity index (χ3n) is 6.95. The normalized spacial score (nSPS) is 21.8. The zero-order chi connectivity index (χ0) is 24.6. The Labute approximate surface area is 197 Å². The molecule has 1 saturated carbocycles. The fraction of sp³-hybridized carbons (Fsp3) is 0.692. The van der Waals surface area contributed by atoms with Crippen LogP contribution in [0.4, 0.5) is 9.18 Å². The van der Waals surface area contributed by atoms with E-state index in [9.17, 15) is 14.0 Å². The quantitative estimate of drug-likeness (QED) is 0.580. The lowest BCUT2D eigenvalue weighted by atomic mass is 9.60. The first-order valence-electron chi connectivity index (χ1n) is 12.2. The Hall–Kier alpha value is -2.15. The van der Waals surface area contributed by atoms with Gasteiger partial charge in [0.1, 0.15) is 11.4 Å². The number of carbonyl (C=O) groups excluding carboxylic acids is 2. The zero-order valence-electron chi connectivity index (χ0n) is 21.2. The standard InChI is InChI=1S/C24H33FN2O4.C2H6/c1-6-17-9-19-16(7-15(8-20(19)25)21(28)30-5)12-27(17)18-10-24(11-18)13-26(14-24)22(29)31-23(2,3)4;1-2/h7-8,17-18H,6,9-14H2,1-5H3;1-2H3. The third-order valence-corrected chi connectivity index (χ3v) is 6.95. The highest BCUT2D eigenvalue weighted by molar-refractivity contribution is 5.89. The van der Waals surface area contributed by atoms with Crippen LogP contribution in [0, 0.1) is 11.2 Å². The van der Waals surface area contributed by atoms with Crippen LogP contribution < -0.4 is 0 Å². The first-order chi connectivity index (χ1) is 15.5. The number of fused-ring (bicyclic) bond motifs is 1. The summed E-state index contributed by atoms with van der Waals surface area (Å²) in [5.41, 5.74) is 1.60. The van der Waals surface area contributed by atoms with E-state index in [4.69, 9.17) is 9.47 Å². The number of methoxy groups -OCH3 is 1. The van der Waals surface area contributed by atoms with Crippen molar-refractivity contribution >= 4 is 12.1 Å². The molecule has 33 heavy (non-hydrogen) atoms. The smallest absolute Gasteiger partial charge is 0.410 e. The second-order valence-electron chi connectivity index (χ2n) is 10.4. The van der Waals surface area contributed by atoms with Gasteiger partial charge in [-0.2, -0.15) is 0 Å². The van der Waals surface area contributed by atoms with Crippen molar-refractivity contribution in [1.29, 1.82) is 0 Å². The predicted octanol–water partition coefficient (Wildman–Crippen LogP) is 5.17. The van der Waals surface area contributed by atoms with E-state index in [1.807, 2.05) is 34.6 Å². The minimum Gasteiger partial charge on any atom is -0.465 e. The Morgan fingerprint density at radius 1 is 1.18 bits per heavy atom. The number of hydrogen-bond acceptors (Lipinski definition) is 5. The molecule has 2 aliphatic heterocycles. The van der Waals surface area contributed by atoms with Crippen molar-refractivity contribution in [3.05, 3.63) is 34.6 Å². The Bertz CT molecular complexity index is 881. The molecule has 1 aliphatic carbocycles. The summed E-state index contributed by atoms with van der Waals surface area (Å²) in [6.07, 6.45) is 3.46. The molecular weight excluding hydrogens is 423 g/mol. The molecule has 1 amide bonds. The van der Waals surface area contributed by atoms with Crippen molar-refractivity contribution in [3.8, 4) is 0 Å². The number of halogens is 1. The molecule has 6 nitrogen and oxygen atoms in total. The first kappa shape index (κ1) is 25.5. The van der Waals surface area contributed by atoms with Gasteiger partial charge in [-0.15, -0.1) is 0 Å². The summed E-state index contributed by atoms with van der Waals surface area (Å²) in [5.74, 6) is -0.821. The first-order valence-corrected chi connectivity index (χ1v) is 12.2. The second kappa shape index (κ2) is 9.61. The number of benzene rings is 1. The summed E-state index contributed by atoms with van der Waals surface area (Å²) in [5, 5.41) is 0. The van der Waals surface area contributed by atoms with Gasteiger partial charge in [0.2, 0.25) is 0 Å². The van der Waals surface area contributed by atoms with Gasteiger partial charge >= 0.3 is 12.1 Å². The van der Waals surface area contributed by atoms with Crippen LogP contribution in [0.5, 0.6) is 0 Å². The van der Waals surface area contributed by atoms with Gasteiger partial charge < -0.3 is 14.4 Å². The molecule has 184 valence electrons. The van der Waals surface area contributed by atoms with Gasteiger partial charge in [0, 0.05) is 37.1 Å². The molecule has 0 bridgehead atoms. The molecule has 1 aromatic rings. The van der Waals surface area contributed by atoms with E-state index in [1.54, 1.807) is 11.0 Å².